The Hall–Kier alpha value is -1.06. The van der Waals surface area contributed by atoms with Crippen LogP contribution in [0.15, 0.2) is 29.2 Å². The molecular weight excluding hydrogens is 392 g/mol. The van der Waals surface area contributed by atoms with Crippen LogP contribution in [0.25, 0.3) is 0 Å². The predicted octanol–water partition coefficient (Wildman–Crippen LogP) is 3.21. The highest BCUT2D eigenvalue weighted by atomic mass is 35.5. The summed E-state index contributed by atoms with van der Waals surface area (Å²) in [6.45, 7) is 7.11. The van der Waals surface area contributed by atoms with Gasteiger partial charge in [0, 0.05) is 44.3 Å². The van der Waals surface area contributed by atoms with Crippen LogP contribution < -0.4 is 0 Å². The molecule has 0 bridgehead atoms. The van der Waals surface area contributed by atoms with Crippen molar-refractivity contribution in [2.24, 2.45) is 0 Å². The van der Waals surface area contributed by atoms with Crippen molar-refractivity contribution in [2.75, 3.05) is 26.2 Å². The second kappa shape index (κ2) is 8.31. The van der Waals surface area contributed by atoms with Crippen LogP contribution in [0, 0.1) is 0 Å². The van der Waals surface area contributed by atoms with E-state index in [1.54, 1.807) is 16.4 Å². The Kier molecular flexibility index (Phi) is 6.29. The van der Waals surface area contributed by atoms with Crippen molar-refractivity contribution in [2.45, 2.75) is 37.6 Å². The maximum Gasteiger partial charge on any atom is 0.243 e. The summed E-state index contributed by atoms with van der Waals surface area (Å²) in [5.41, 5.74) is 1.93. The van der Waals surface area contributed by atoms with Gasteiger partial charge in [0.25, 0.3) is 0 Å². The third-order valence-corrected chi connectivity index (χ3v) is 7.81. The fourth-order valence-electron chi connectivity index (χ4n) is 2.98. The molecular formula is C17H23ClN4O2S2. The van der Waals surface area contributed by atoms with Gasteiger partial charge in [0.15, 0.2) is 0 Å². The number of nitrogens with zero attached hydrogens (tertiary/aromatic N) is 4. The summed E-state index contributed by atoms with van der Waals surface area (Å²) < 4.78 is 31.8. The van der Waals surface area contributed by atoms with Crippen molar-refractivity contribution in [3.05, 3.63) is 39.9 Å². The van der Waals surface area contributed by atoms with Gasteiger partial charge in [-0.25, -0.2) is 8.42 Å². The minimum atomic E-state index is -3.45. The van der Waals surface area contributed by atoms with Gasteiger partial charge < -0.3 is 0 Å². The fourth-order valence-corrected chi connectivity index (χ4v) is 5.02. The lowest BCUT2D eigenvalue weighted by molar-refractivity contribution is 0.180. The molecule has 1 unspecified atom stereocenters. The van der Waals surface area contributed by atoms with Gasteiger partial charge >= 0.3 is 0 Å². The predicted molar refractivity (Wildman–Crippen MR) is 104 cm³/mol. The van der Waals surface area contributed by atoms with Crippen molar-refractivity contribution >= 4 is 33.2 Å². The van der Waals surface area contributed by atoms with Crippen LogP contribution in [0.3, 0.4) is 0 Å². The summed E-state index contributed by atoms with van der Waals surface area (Å²) in [6.07, 6.45) is 1.03. The SMILES string of the molecule is CCC(C)c1ccc(S(=O)(=O)N2CCN(Cc3nnsc3Cl)CC2)cc1. The van der Waals surface area contributed by atoms with E-state index in [9.17, 15) is 8.42 Å². The van der Waals surface area contributed by atoms with Crippen LogP contribution in [0.2, 0.25) is 4.34 Å². The Bertz CT molecular complexity index is 831. The first kappa shape index (κ1) is 19.7. The zero-order chi connectivity index (χ0) is 18.7. The number of hydrogen-bond donors (Lipinski definition) is 0. The Morgan fingerprint density at radius 2 is 1.85 bits per heavy atom. The second-order valence-electron chi connectivity index (χ2n) is 6.55. The van der Waals surface area contributed by atoms with E-state index in [0.29, 0.717) is 47.9 Å². The third-order valence-electron chi connectivity index (χ3n) is 4.91. The molecule has 2 heterocycles. The summed E-state index contributed by atoms with van der Waals surface area (Å²) in [6, 6.07) is 7.30. The molecule has 6 nitrogen and oxygen atoms in total. The highest BCUT2D eigenvalue weighted by molar-refractivity contribution is 7.89. The first-order valence-corrected chi connectivity index (χ1v) is 11.3. The van der Waals surface area contributed by atoms with E-state index in [0.717, 1.165) is 12.1 Å². The van der Waals surface area contributed by atoms with Gasteiger partial charge in [0.1, 0.15) is 10.0 Å². The summed E-state index contributed by atoms with van der Waals surface area (Å²) in [5.74, 6) is 0.433. The Morgan fingerprint density at radius 1 is 1.19 bits per heavy atom. The normalized spacial score (nSPS) is 18.1. The van der Waals surface area contributed by atoms with Crippen LogP contribution in [0.4, 0.5) is 0 Å². The Morgan fingerprint density at radius 3 is 2.38 bits per heavy atom. The smallest absolute Gasteiger partial charge is 0.243 e. The van der Waals surface area contributed by atoms with E-state index in [4.69, 9.17) is 11.6 Å². The largest absolute Gasteiger partial charge is 0.295 e. The highest BCUT2D eigenvalue weighted by Crippen LogP contribution is 2.24. The standard InChI is InChI=1S/C17H23ClN4O2S2/c1-3-13(2)14-4-6-15(7-5-14)26(23,24)22-10-8-21(9-11-22)12-16-17(18)25-20-19-16/h4-7,13H,3,8-12H2,1-2H3. The molecule has 0 aliphatic carbocycles. The zero-order valence-electron chi connectivity index (χ0n) is 14.9. The molecule has 9 heteroatoms. The fraction of sp³-hybridized carbons (Fsp3) is 0.529. The molecule has 1 aliphatic heterocycles. The van der Waals surface area contributed by atoms with Crippen molar-refractivity contribution in [3.63, 3.8) is 0 Å². The summed E-state index contributed by atoms with van der Waals surface area (Å²) >= 11 is 7.22. The van der Waals surface area contributed by atoms with Crippen LogP contribution in [0.5, 0.6) is 0 Å². The number of sulfonamides is 1. The maximum absolute atomic E-state index is 12.9. The van der Waals surface area contributed by atoms with Crippen LogP contribution in [0.1, 0.15) is 37.4 Å². The number of rotatable bonds is 6. The van der Waals surface area contributed by atoms with Gasteiger partial charge in [0.05, 0.1) is 4.90 Å². The molecule has 2 aromatic rings. The molecule has 0 spiro atoms. The lowest BCUT2D eigenvalue weighted by atomic mass is 9.99. The van der Waals surface area contributed by atoms with Gasteiger partial charge in [-0.15, -0.1) is 5.10 Å². The Balaban J connectivity index is 1.63. The van der Waals surface area contributed by atoms with Crippen LogP contribution in [-0.2, 0) is 16.6 Å². The van der Waals surface area contributed by atoms with E-state index in [1.165, 1.54) is 17.1 Å². The number of piperazine rings is 1. The summed E-state index contributed by atoms with van der Waals surface area (Å²) in [4.78, 5) is 2.52. The average Bonchev–Trinajstić information content (AvgIpc) is 3.06. The number of halogens is 1. The molecule has 0 radical (unpaired) electrons. The van der Waals surface area contributed by atoms with Gasteiger partial charge in [0.2, 0.25) is 10.0 Å². The number of hydrogen-bond acceptors (Lipinski definition) is 6. The monoisotopic (exact) mass is 414 g/mol. The quantitative estimate of drug-likeness (QED) is 0.726. The molecule has 0 N–H and O–H groups in total. The summed E-state index contributed by atoms with van der Waals surface area (Å²) in [7, 11) is -3.45. The molecule has 1 fully saturated rings. The maximum atomic E-state index is 12.9. The first-order chi connectivity index (χ1) is 12.4. The molecule has 1 aliphatic rings. The molecule has 1 saturated heterocycles. The minimum absolute atomic E-state index is 0.366. The molecule has 3 rings (SSSR count). The van der Waals surface area contributed by atoms with Gasteiger partial charge in [-0.1, -0.05) is 42.1 Å². The molecule has 1 atom stereocenters. The zero-order valence-corrected chi connectivity index (χ0v) is 17.3. The van der Waals surface area contributed by atoms with Crippen molar-refractivity contribution in [1.82, 2.24) is 18.8 Å². The van der Waals surface area contributed by atoms with Crippen LogP contribution >= 0.6 is 23.1 Å². The van der Waals surface area contributed by atoms with E-state index in [1.807, 2.05) is 12.1 Å². The molecule has 26 heavy (non-hydrogen) atoms. The lowest BCUT2D eigenvalue weighted by Crippen LogP contribution is -2.48. The van der Waals surface area contributed by atoms with Gasteiger partial charge in [-0.05, 0) is 30.0 Å². The summed E-state index contributed by atoms with van der Waals surface area (Å²) in [5, 5.41) is 4.02. The van der Waals surface area contributed by atoms with Gasteiger partial charge in [-0.2, -0.15) is 4.31 Å². The first-order valence-electron chi connectivity index (χ1n) is 8.71. The lowest BCUT2D eigenvalue weighted by Gasteiger charge is -2.33. The molecule has 1 aromatic carbocycles. The van der Waals surface area contributed by atoms with E-state index in [2.05, 4.69) is 28.3 Å². The van der Waals surface area contributed by atoms with Crippen molar-refractivity contribution in [1.29, 1.82) is 0 Å². The Labute approximate surface area is 164 Å². The number of aromatic nitrogens is 2. The molecule has 1 aromatic heterocycles. The van der Waals surface area contributed by atoms with E-state index in [-0.39, 0.29) is 0 Å². The molecule has 142 valence electrons. The molecule has 0 saturated carbocycles. The second-order valence-corrected chi connectivity index (χ2v) is 9.85. The highest BCUT2D eigenvalue weighted by Gasteiger charge is 2.29. The van der Waals surface area contributed by atoms with E-state index >= 15 is 0 Å². The third kappa shape index (κ3) is 4.26. The minimum Gasteiger partial charge on any atom is -0.295 e. The average molecular weight is 415 g/mol. The van der Waals surface area contributed by atoms with Gasteiger partial charge in [-0.3, -0.25) is 4.90 Å². The number of benzene rings is 1. The van der Waals surface area contributed by atoms with Crippen LogP contribution in [-0.4, -0.2) is 53.4 Å². The van der Waals surface area contributed by atoms with Crippen molar-refractivity contribution in [3.8, 4) is 0 Å². The van der Waals surface area contributed by atoms with E-state index < -0.39 is 10.0 Å². The topological polar surface area (TPSA) is 66.4 Å². The van der Waals surface area contributed by atoms with Crippen molar-refractivity contribution < 1.29 is 8.42 Å². The molecule has 0 amide bonds.